The molecule has 1 unspecified atom stereocenters. The predicted molar refractivity (Wildman–Crippen MR) is 92.0 cm³/mol. The first-order chi connectivity index (χ1) is 11.2. The fourth-order valence-electron chi connectivity index (χ4n) is 3.29. The molecule has 1 aliphatic rings. The first-order valence-electron chi connectivity index (χ1n) is 8.51. The van der Waals surface area contributed by atoms with Crippen molar-refractivity contribution in [2.45, 2.75) is 45.1 Å². The van der Waals surface area contributed by atoms with E-state index in [-0.39, 0.29) is 17.9 Å². The van der Waals surface area contributed by atoms with E-state index in [0.717, 1.165) is 24.0 Å². The number of carbonyl (C=O) groups is 1. The molecule has 0 bridgehead atoms. The molecule has 1 heterocycles. The molecule has 3 nitrogen and oxygen atoms in total. The van der Waals surface area contributed by atoms with Gasteiger partial charge in [-0.1, -0.05) is 55.2 Å². The number of pyridine rings is 1. The van der Waals surface area contributed by atoms with Gasteiger partial charge >= 0.3 is 0 Å². The fraction of sp³-hybridized carbons (Fsp3) is 0.400. The largest absolute Gasteiger partial charge is 0.345 e. The zero-order chi connectivity index (χ0) is 16.1. The van der Waals surface area contributed by atoms with Gasteiger partial charge in [-0.15, -0.1) is 0 Å². The molecule has 1 N–H and O–H groups in total. The summed E-state index contributed by atoms with van der Waals surface area (Å²) in [5, 5.41) is 3.26. The van der Waals surface area contributed by atoms with Crippen molar-refractivity contribution >= 4 is 5.91 Å². The van der Waals surface area contributed by atoms with Crippen molar-refractivity contribution < 1.29 is 4.79 Å². The number of amides is 1. The molecule has 0 radical (unpaired) electrons. The van der Waals surface area contributed by atoms with Crippen LogP contribution in [0.25, 0.3) is 0 Å². The molecule has 0 saturated heterocycles. The summed E-state index contributed by atoms with van der Waals surface area (Å²) < 4.78 is 0. The topological polar surface area (TPSA) is 42.0 Å². The molecule has 1 amide bonds. The average molecular weight is 308 g/mol. The molecule has 1 atom stereocenters. The van der Waals surface area contributed by atoms with Gasteiger partial charge in [-0.25, -0.2) is 0 Å². The Morgan fingerprint density at radius 1 is 1.09 bits per heavy atom. The Labute approximate surface area is 138 Å². The van der Waals surface area contributed by atoms with Crippen LogP contribution in [0.3, 0.4) is 0 Å². The van der Waals surface area contributed by atoms with E-state index >= 15 is 0 Å². The molecule has 120 valence electrons. The van der Waals surface area contributed by atoms with Crippen molar-refractivity contribution in [3.05, 3.63) is 65.5 Å². The van der Waals surface area contributed by atoms with Crippen LogP contribution in [0.4, 0.5) is 0 Å². The minimum Gasteiger partial charge on any atom is -0.345 e. The van der Waals surface area contributed by atoms with Crippen LogP contribution < -0.4 is 5.32 Å². The summed E-state index contributed by atoms with van der Waals surface area (Å²) in [6.45, 7) is 2.07. The molecule has 1 saturated carbocycles. The van der Waals surface area contributed by atoms with E-state index in [1.54, 1.807) is 6.20 Å². The normalized spacial score (nSPS) is 16.7. The highest BCUT2D eigenvalue weighted by Gasteiger charge is 2.24. The van der Waals surface area contributed by atoms with Crippen molar-refractivity contribution in [3.63, 3.8) is 0 Å². The van der Waals surface area contributed by atoms with Gasteiger partial charge in [0.1, 0.15) is 0 Å². The van der Waals surface area contributed by atoms with Crippen molar-refractivity contribution in [3.8, 4) is 0 Å². The van der Waals surface area contributed by atoms with E-state index in [2.05, 4.69) is 41.5 Å². The van der Waals surface area contributed by atoms with E-state index in [1.165, 1.54) is 24.8 Å². The number of hydrogen-bond donors (Lipinski definition) is 1. The minimum atomic E-state index is -0.126. The Hall–Kier alpha value is -2.16. The number of aromatic nitrogens is 1. The molecule has 1 aromatic carbocycles. The molecule has 1 aliphatic carbocycles. The van der Waals surface area contributed by atoms with Gasteiger partial charge in [0.25, 0.3) is 0 Å². The third kappa shape index (κ3) is 3.98. The van der Waals surface area contributed by atoms with Gasteiger partial charge in [0.15, 0.2) is 0 Å². The number of benzene rings is 1. The fourth-order valence-corrected chi connectivity index (χ4v) is 3.29. The Balaban J connectivity index is 1.83. The summed E-state index contributed by atoms with van der Waals surface area (Å²) in [7, 11) is 0. The lowest BCUT2D eigenvalue weighted by Gasteiger charge is -2.25. The molecule has 1 fully saturated rings. The third-order valence-electron chi connectivity index (χ3n) is 4.69. The first kappa shape index (κ1) is 15.7. The first-order valence-corrected chi connectivity index (χ1v) is 8.51. The highest BCUT2D eigenvalue weighted by atomic mass is 16.1. The van der Waals surface area contributed by atoms with E-state index < -0.39 is 0 Å². The number of hydrogen-bond acceptors (Lipinski definition) is 2. The van der Waals surface area contributed by atoms with Gasteiger partial charge in [-0.3, -0.25) is 9.78 Å². The van der Waals surface area contributed by atoms with Crippen LogP contribution in [0.1, 0.15) is 54.8 Å². The number of nitrogens with zero attached hydrogens (tertiary/aromatic N) is 1. The highest BCUT2D eigenvalue weighted by Crippen LogP contribution is 2.27. The lowest BCUT2D eigenvalue weighted by molar-refractivity contribution is -0.126. The highest BCUT2D eigenvalue weighted by molar-refractivity contribution is 5.79. The second-order valence-corrected chi connectivity index (χ2v) is 6.47. The lowest BCUT2D eigenvalue weighted by atomic mass is 9.88. The van der Waals surface area contributed by atoms with Crippen LogP contribution in [0.5, 0.6) is 0 Å². The standard InChI is InChI=1S/C20H24N2O/c1-15-9-11-16(12-10-15)19(18-8-5-13-21-14-18)22-20(23)17-6-3-2-4-7-17/h5,8-14,17,19H,2-4,6-7H2,1H3,(H,22,23). The summed E-state index contributed by atoms with van der Waals surface area (Å²) in [6.07, 6.45) is 9.22. The van der Waals surface area contributed by atoms with Crippen LogP contribution in [0.15, 0.2) is 48.8 Å². The lowest BCUT2D eigenvalue weighted by Crippen LogP contribution is -2.35. The van der Waals surface area contributed by atoms with Crippen LogP contribution >= 0.6 is 0 Å². The molecule has 23 heavy (non-hydrogen) atoms. The summed E-state index contributed by atoms with van der Waals surface area (Å²) in [4.78, 5) is 16.9. The van der Waals surface area contributed by atoms with Crippen molar-refractivity contribution in [1.82, 2.24) is 10.3 Å². The number of rotatable bonds is 4. The molecule has 0 aliphatic heterocycles. The minimum absolute atomic E-state index is 0.126. The van der Waals surface area contributed by atoms with Crippen LogP contribution in [-0.4, -0.2) is 10.9 Å². The van der Waals surface area contributed by atoms with Gasteiger partial charge < -0.3 is 5.32 Å². The molecule has 3 rings (SSSR count). The molecule has 2 aromatic rings. The van der Waals surface area contributed by atoms with Crippen molar-refractivity contribution in [2.75, 3.05) is 0 Å². The third-order valence-corrected chi connectivity index (χ3v) is 4.69. The smallest absolute Gasteiger partial charge is 0.223 e. The molecule has 1 aromatic heterocycles. The van der Waals surface area contributed by atoms with Gasteiger partial charge in [-0.05, 0) is 37.0 Å². The number of nitrogens with one attached hydrogen (secondary N) is 1. The van der Waals surface area contributed by atoms with E-state index in [0.29, 0.717) is 0 Å². The maximum Gasteiger partial charge on any atom is 0.223 e. The second kappa shape index (κ2) is 7.40. The molecular weight excluding hydrogens is 284 g/mol. The molecule has 0 spiro atoms. The summed E-state index contributed by atoms with van der Waals surface area (Å²) in [5.74, 6) is 0.340. The van der Waals surface area contributed by atoms with Gasteiger partial charge in [0, 0.05) is 18.3 Å². The van der Waals surface area contributed by atoms with E-state index in [1.807, 2.05) is 18.3 Å². The number of carbonyl (C=O) groups excluding carboxylic acids is 1. The predicted octanol–water partition coefficient (Wildman–Crippen LogP) is 4.18. The SMILES string of the molecule is Cc1ccc(C(NC(=O)C2CCCCC2)c2cccnc2)cc1. The number of aryl methyl sites for hydroxylation is 1. The monoisotopic (exact) mass is 308 g/mol. The van der Waals surface area contributed by atoms with Gasteiger partial charge in [0.05, 0.1) is 6.04 Å². The summed E-state index contributed by atoms with van der Waals surface area (Å²) in [5.41, 5.74) is 3.35. The van der Waals surface area contributed by atoms with Crippen LogP contribution in [-0.2, 0) is 4.79 Å². The average Bonchev–Trinajstić information content (AvgIpc) is 2.62. The zero-order valence-electron chi connectivity index (χ0n) is 13.7. The van der Waals surface area contributed by atoms with Gasteiger partial charge in [0.2, 0.25) is 5.91 Å². The van der Waals surface area contributed by atoms with Crippen LogP contribution in [0.2, 0.25) is 0 Å². The van der Waals surface area contributed by atoms with E-state index in [4.69, 9.17) is 0 Å². The summed E-state index contributed by atoms with van der Waals surface area (Å²) >= 11 is 0. The Morgan fingerprint density at radius 3 is 2.48 bits per heavy atom. The Morgan fingerprint density at radius 2 is 1.83 bits per heavy atom. The summed E-state index contributed by atoms with van der Waals surface area (Å²) in [6, 6.07) is 12.2. The van der Waals surface area contributed by atoms with Crippen molar-refractivity contribution in [2.24, 2.45) is 5.92 Å². The Bertz CT molecular complexity index is 630. The second-order valence-electron chi connectivity index (χ2n) is 6.47. The maximum absolute atomic E-state index is 12.7. The quantitative estimate of drug-likeness (QED) is 0.921. The van der Waals surface area contributed by atoms with Crippen LogP contribution in [0, 0.1) is 12.8 Å². The van der Waals surface area contributed by atoms with E-state index in [9.17, 15) is 4.79 Å². The van der Waals surface area contributed by atoms with Crippen molar-refractivity contribution in [1.29, 1.82) is 0 Å². The molecular formula is C20H24N2O. The zero-order valence-corrected chi connectivity index (χ0v) is 13.7. The van der Waals surface area contributed by atoms with Gasteiger partial charge in [-0.2, -0.15) is 0 Å². The molecule has 3 heteroatoms. The Kier molecular flexibility index (Phi) is 5.06. The maximum atomic E-state index is 12.7.